The minimum absolute atomic E-state index is 0.149. The quantitative estimate of drug-likeness (QED) is 0.708. The van der Waals surface area contributed by atoms with Gasteiger partial charge in [-0.3, -0.25) is 4.79 Å². The van der Waals surface area contributed by atoms with Gasteiger partial charge in [0.05, 0.1) is 0 Å². The van der Waals surface area contributed by atoms with Crippen LogP contribution in [0.5, 0.6) is 5.75 Å². The molecule has 0 spiro atoms. The second-order valence-corrected chi connectivity index (χ2v) is 4.87. The molecule has 0 aliphatic heterocycles. The number of phenols is 1. The van der Waals surface area contributed by atoms with Gasteiger partial charge >= 0.3 is 0 Å². The number of unbranched alkanes of at least 4 members (excludes halogenated alkanes) is 3. The Morgan fingerprint density at radius 1 is 1.26 bits per heavy atom. The molecule has 0 unspecified atom stereocenters. The lowest BCUT2D eigenvalue weighted by Gasteiger charge is -2.17. The van der Waals surface area contributed by atoms with Crippen molar-refractivity contribution < 1.29 is 9.90 Å². The normalized spacial score (nSPS) is 10.4. The molecule has 3 N–H and O–H groups in total. The Hall–Kier alpha value is -1.55. The summed E-state index contributed by atoms with van der Waals surface area (Å²) in [5.41, 5.74) is 6.36. The predicted octanol–water partition coefficient (Wildman–Crippen LogP) is 2.26. The molecule has 0 bridgehead atoms. The lowest BCUT2D eigenvalue weighted by Crippen LogP contribution is -2.25. The standard InChI is InChI=1S/C15H24N2O2/c1-17(12-13-7-6-8-14(18)11-13)15(19)9-4-2-3-5-10-16/h6-8,11,18H,2-5,9-10,12,16H2,1H3. The van der Waals surface area contributed by atoms with Gasteiger partial charge in [0.2, 0.25) is 5.91 Å². The number of nitrogens with two attached hydrogens (primary N) is 1. The SMILES string of the molecule is CN(Cc1cccc(O)c1)C(=O)CCCCCCN. The van der Waals surface area contributed by atoms with E-state index in [1.54, 1.807) is 30.1 Å². The van der Waals surface area contributed by atoms with Gasteiger partial charge in [-0.15, -0.1) is 0 Å². The molecule has 0 atom stereocenters. The van der Waals surface area contributed by atoms with E-state index in [0.717, 1.165) is 37.8 Å². The average molecular weight is 264 g/mol. The smallest absolute Gasteiger partial charge is 0.222 e. The molecule has 4 nitrogen and oxygen atoms in total. The van der Waals surface area contributed by atoms with Crippen molar-refractivity contribution in [3.63, 3.8) is 0 Å². The fourth-order valence-electron chi connectivity index (χ4n) is 1.98. The molecule has 0 aliphatic rings. The van der Waals surface area contributed by atoms with E-state index in [2.05, 4.69) is 0 Å². The summed E-state index contributed by atoms with van der Waals surface area (Å²) in [7, 11) is 1.80. The summed E-state index contributed by atoms with van der Waals surface area (Å²) in [6.45, 7) is 1.27. The van der Waals surface area contributed by atoms with Crippen molar-refractivity contribution in [1.82, 2.24) is 4.90 Å². The molecule has 0 fully saturated rings. The molecule has 19 heavy (non-hydrogen) atoms. The highest BCUT2D eigenvalue weighted by Gasteiger charge is 2.09. The fraction of sp³-hybridized carbons (Fsp3) is 0.533. The molecular weight excluding hydrogens is 240 g/mol. The first-order chi connectivity index (χ1) is 9.13. The molecule has 0 radical (unpaired) electrons. The number of carbonyl (C=O) groups excluding carboxylic acids is 1. The Kier molecular flexibility index (Phi) is 6.97. The van der Waals surface area contributed by atoms with Crippen molar-refractivity contribution in [2.24, 2.45) is 5.73 Å². The van der Waals surface area contributed by atoms with Crippen molar-refractivity contribution in [3.8, 4) is 5.75 Å². The van der Waals surface area contributed by atoms with Gasteiger partial charge in [0.15, 0.2) is 0 Å². The van der Waals surface area contributed by atoms with Gasteiger partial charge in [0.25, 0.3) is 0 Å². The van der Waals surface area contributed by atoms with Gasteiger partial charge in [-0.2, -0.15) is 0 Å². The van der Waals surface area contributed by atoms with E-state index in [1.807, 2.05) is 6.07 Å². The molecule has 0 heterocycles. The van der Waals surface area contributed by atoms with Crippen LogP contribution >= 0.6 is 0 Å². The van der Waals surface area contributed by atoms with Crippen LogP contribution in [0.4, 0.5) is 0 Å². The predicted molar refractivity (Wildman–Crippen MR) is 76.7 cm³/mol. The zero-order valence-electron chi connectivity index (χ0n) is 11.6. The zero-order valence-corrected chi connectivity index (χ0v) is 11.6. The van der Waals surface area contributed by atoms with E-state index >= 15 is 0 Å². The fourth-order valence-corrected chi connectivity index (χ4v) is 1.98. The molecule has 0 aliphatic carbocycles. The number of carbonyl (C=O) groups is 1. The van der Waals surface area contributed by atoms with E-state index in [9.17, 15) is 9.90 Å². The third-order valence-corrected chi connectivity index (χ3v) is 3.10. The van der Waals surface area contributed by atoms with Crippen LogP contribution in [-0.2, 0) is 11.3 Å². The number of benzene rings is 1. The summed E-state index contributed by atoms with van der Waals surface area (Å²) in [5, 5.41) is 9.37. The molecular formula is C15H24N2O2. The largest absolute Gasteiger partial charge is 0.508 e. The lowest BCUT2D eigenvalue weighted by molar-refractivity contribution is -0.130. The Morgan fingerprint density at radius 2 is 2.00 bits per heavy atom. The van der Waals surface area contributed by atoms with Crippen LogP contribution in [-0.4, -0.2) is 29.5 Å². The third kappa shape index (κ3) is 6.25. The second-order valence-electron chi connectivity index (χ2n) is 4.87. The molecule has 1 aromatic rings. The number of rotatable bonds is 8. The van der Waals surface area contributed by atoms with Crippen molar-refractivity contribution in [2.45, 2.75) is 38.6 Å². The van der Waals surface area contributed by atoms with Gasteiger partial charge in [0.1, 0.15) is 5.75 Å². The van der Waals surface area contributed by atoms with Gasteiger partial charge in [-0.25, -0.2) is 0 Å². The average Bonchev–Trinajstić information content (AvgIpc) is 2.38. The van der Waals surface area contributed by atoms with E-state index in [-0.39, 0.29) is 11.7 Å². The Balaban J connectivity index is 2.28. The number of phenolic OH excluding ortho intramolecular Hbond substituents is 1. The van der Waals surface area contributed by atoms with E-state index < -0.39 is 0 Å². The molecule has 0 aromatic heterocycles. The lowest BCUT2D eigenvalue weighted by atomic mass is 10.1. The number of amides is 1. The van der Waals surface area contributed by atoms with Gasteiger partial charge in [-0.1, -0.05) is 25.0 Å². The highest BCUT2D eigenvalue weighted by molar-refractivity contribution is 5.75. The summed E-state index contributed by atoms with van der Waals surface area (Å²) >= 11 is 0. The monoisotopic (exact) mass is 264 g/mol. The molecule has 1 rings (SSSR count). The van der Waals surface area contributed by atoms with Crippen LogP contribution in [0.2, 0.25) is 0 Å². The number of hydrogen-bond donors (Lipinski definition) is 2. The van der Waals surface area contributed by atoms with Crippen molar-refractivity contribution in [3.05, 3.63) is 29.8 Å². The maximum atomic E-state index is 11.9. The molecule has 0 saturated carbocycles. The summed E-state index contributed by atoms with van der Waals surface area (Å²) in [6.07, 6.45) is 4.69. The molecule has 1 aromatic carbocycles. The molecule has 0 saturated heterocycles. The Bertz CT molecular complexity index is 393. The number of nitrogens with zero attached hydrogens (tertiary/aromatic N) is 1. The molecule has 4 heteroatoms. The number of aromatic hydroxyl groups is 1. The highest BCUT2D eigenvalue weighted by atomic mass is 16.3. The summed E-state index contributed by atoms with van der Waals surface area (Å²) < 4.78 is 0. The maximum Gasteiger partial charge on any atom is 0.222 e. The molecule has 1 amide bonds. The highest BCUT2D eigenvalue weighted by Crippen LogP contribution is 2.13. The van der Waals surface area contributed by atoms with Crippen LogP contribution in [0, 0.1) is 0 Å². The van der Waals surface area contributed by atoms with E-state index in [1.165, 1.54) is 0 Å². The van der Waals surface area contributed by atoms with Gasteiger partial charge in [-0.05, 0) is 37.1 Å². The van der Waals surface area contributed by atoms with Crippen LogP contribution in [0.3, 0.4) is 0 Å². The second kappa shape index (κ2) is 8.53. The first kappa shape index (κ1) is 15.5. The number of hydrogen-bond acceptors (Lipinski definition) is 3. The Labute approximate surface area is 115 Å². The van der Waals surface area contributed by atoms with E-state index in [0.29, 0.717) is 13.0 Å². The van der Waals surface area contributed by atoms with Crippen LogP contribution in [0.25, 0.3) is 0 Å². The first-order valence-corrected chi connectivity index (χ1v) is 6.85. The van der Waals surface area contributed by atoms with Crippen LogP contribution < -0.4 is 5.73 Å². The van der Waals surface area contributed by atoms with E-state index in [4.69, 9.17) is 5.73 Å². The van der Waals surface area contributed by atoms with Crippen molar-refractivity contribution in [1.29, 1.82) is 0 Å². The van der Waals surface area contributed by atoms with Gasteiger partial charge in [0, 0.05) is 20.0 Å². The summed E-state index contributed by atoms with van der Waals surface area (Å²) in [4.78, 5) is 13.6. The third-order valence-electron chi connectivity index (χ3n) is 3.10. The summed E-state index contributed by atoms with van der Waals surface area (Å²) in [6, 6.07) is 7.01. The maximum absolute atomic E-state index is 11.9. The first-order valence-electron chi connectivity index (χ1n) is 6.85. The Morgan fingerprint density at radius 3 is 2.68 bits per heavy atom. The van der Waals surface area contributed by atoms with Crippen molar-refractivity contribution in [2.75, 3.05) is 13.6 Å². The van der Waals surface area contributed by atoms with Crippen molar-refractivity contribution >= 4 is 5.91 Å². The minimum atomic E-state index is 0.149. The topological polar surface area (TPSA) is 66.6 Å². The summed E-state index contributed by atoms with van der Waals surface area (Å²) in [5.74, 6) is 0.385. The van der Waals surface area contributed by atoms with Crippen LogP contribution in [0.1, 0.15) is 37.7 Å². The zero-order chi connectivity index (χ0) is 14.1. The minimum Gasteiger partial charge on any atom is -0.508 e. The van der Waals surface area contributed by atoms with Crippen LogP contribution in [0.15, 0.2) is 24.3 Å². The molecule has 106 valence electrons. The van der Waals surface area contributed by atoms with Gasteiger partial charge < -0.3 is 15.7 Å².